The number of nitrogens with one attached hydrogen (secondary N) is 1. The molecule has 2 aliphatic heterocycles. The van der Waals surface area contributed by atoms with Crippen molar-refractivity contribution < 1.29 is 49.6 Å². The molecule has 0 aromatic heterocycles. The molecule has 10 atom stereocenters. The van der Waals surface area contributed by atoms with Crippen molar-refractivity contribution in [3.05, 3.63) is 0 Å². The van der Waals surface area contributed by atoms with Crippen molar-refractivity contribution in [1.82, 2.24) is 5.32 Å². The lowest BCUT2D eigenvalue weighted by molar-refractivity contribution is -0.342. The van der Waals surface area contributed by atoms with E-state index >= 15 is 0 Å². The minimum absolute atomic E-state index is 0.178. The lowest BCUT2D eigenvalue weighted by Crippen LogP contribution is -2.67. The van der Waals surface area contributed by atoms with Crippen LogP contribution in [0.25, 0.3) is 0 Å². The topological polar surface area (TPSA) is 204 Å². The molecule has 0 radical (unpaired) electrons. The minimum Gasteiger partial charge on any atom is -0.394 e. The Bertz CT molecular complexity index is 481. The van der Waals surface area contributed by atoms with Gasteiger partial charge in [0.15, 0.2) is 12.6 Å². The first-order chi connectivity index (χ1) is 12.2. The van der Waals surface area contributed by atoms with E-state index in [9.17, 15) is 35.4 Å². The molecule has 26 heavy (non-hydrogen) atoms. The van der Waals surface area contributed by atoms with Gasteiger partial charge in [0.05, 0.1) is 6.61 Å². The fourth-order valence-electron chi connectivity index (χ4n) is 3.02. The molecule has 2 saturated heterocycles. The lowest BCUT2D eigenvalue weighted by atomic mass is 9.95. The third-order valence-corrected chi connectivity index (χ3v) is 4.43. The van der Waals surface area contributed by atoms with Crippen LogP contribution in [0.2, 0.25) is 0 Å². The second kappa shape index (κ2) is 8.84. The number of nitrogens with two attached hydrogens (primary N) is 1. The van der Waals surface area contributed by atoms with E-state index in [0.717, 1.165) is 0 Å². The number of carbonyl (C=O) groups excluding carboxylic acids is 1. The van der Waals surface area contributed by atoms with E-state index in [-0.39, 0.29) is 6.54 Å². The Hall–Kier alpha value is -0.930. The second-order valence-corrected chi connectivity index (χ2v) is 6.32. The number of aliphatic hydroxyl groups excluding tert-OH is 6. The van der Waals surface area contributed by atoms with Crippen LogP contribution in [0.1, 0.15) is 6.92 Å². The zero-order valence-electron chi connectivity index (χ0n) is 14.1. The Morgan fingerprint density at radius 3 is 2.23 bits per heavy atom. The first-order valence-corrected chi connectivity index (χ1v) is 8.16. The fraction of sp³-hybridized carbons (Fsp3) is 0.929. The smallest absolute Gasteiger partial charge is 0.217 e. The van der Waals surface area contributed by atoms with Gasteiger partial charge in [0.25, 0.3) is 0 Å². The van der Waals surface area contributed by atoms with E-state index in [1.54, 1.807) is 0 Å². The first kappa shape index (κ1) is 21.4. The van der Waals surface area contributed by atoms with Crippen molar-refractivity contribution in [2.45, 2.75) is 68.3 Å². The molecule has 2 rings (SSSR count). The maximum absolute atomic E-state index is 11.3. The number of hydrogen-bond acceptors (Lipinski definition) is 11. The molecule has 12 nitrogen and oxygen atoms in total. The maximum Gasteiger partial charge on any atom is 0.217 e. The quantitative estimate of drug-likeness (QED) is 0.225. The standard InChI is InChI=1S/C14H26N2O10/c1-4(18)16-7-9(20)12(5(2-15)24-13(7)23)26-14-11(22)10(21)8(19)6(3-17)25-14/h5-14,17,19-23H,2-3,15H2,1H3,(H,16,18)/t5-,6-,7-,8-,9+,10-,11-,12+,13+,14-/m0/s1. The number of aliphatic hydroxyl groups is 6. The summed E-state index contributed by atoms with van der Waals surface area (Å²) >= 11 is 0. The van der Waals surface area contributed by atoms with Crippen LogP contribution in [0.5, 0.6) is 0 Å². The molecular formula is C14H26N2O10. The van der Waals surface area contributed by atoms with E-state index < -0.39 is 73.9 Å². The number of rotatable bonds is 5. The largest absolute Gasteiger partial charge is 0.394 e. The predicted molar refractivity (Wildman–Crippen MR) is 82.2 cm³/mol. The maximum atomic E-state index is 11.3. The van der Waals surface area contributed by atoms with Crippen LogP contribution in [-0.4, -0.2) is 111 Å². The number of hydrogen-bond donors (Lipinski definition) is 8. The van der Waals surface area contributed by atoms with Crippen LogP contribution >= 0.6 is 0 Å². The molecule has 9 N–H and O–H groups in total. The normalized spacial score (nSPS) is 46.8. The second-order valence-electron chi connectivity index (χ2n) is 6.32. The van der Waals surface area contributed by atoms with Crippen molar-refractivity contribution in [1.29, 1.82) is 0 Å². The average molecular weight is 382 g/mol. The summed E-state index contributed by atoms with van der Waals surface area (Å²) in [5, 5.41) is 61.6. The van der Waals surface area contributed by atoms with Crippen LogP contribution in [0.15, 0.2) is 0 Å². The van der Waals surface area contributed by atoms with Crippen molar-refractivity contribution in [2.24, 2.45) is 5.73 Å². The highest BCUT2D eigenvalue weighted by atomic mass is 16.7. The van der Waals surface area contributed by atoms with E-state index in [4.69, 9.17) is 19.9 Å². The third kappa shape index (κ3) is 4.31. The molecule has 0 aromatic carbocycles. The summed E-state index contributed by atoms with van der Waals surface area (Å²) in [6.07, 6.45) is -12.9. The van der Waals surface area contributed by atoms with E-state index in [2.05, 4.69) is 5.32 Å². The summed E-state index contributed by atoms with van der Waals surface area (Å²) in [7, 11) is 0. The molecule has 0 spiro atoms. The monoisotopic (exact) mass is 382 g/mol. The van der Waals surface area contributed by atoms with Crippen LogP contribution < -0.4 is 11.1 Å². The SMILES string of the molecule is CC(=O)N[C@H]1[C@@H](O)[C@H](O[C@@H]2O[C@@H](CO)[C@H](O)[C@H](O)[C@@H]2O)[C@H](CN)O[C@H]1O. The zero-order chi connectivity index (χ0) is 19.6. The van der Waals surface area contributed by atoms with Gasteiger partial charge < -0.3 is 55.9 Å². The van der Waals surface area contributed by atoms with E-state index in [0.29, 0.717) is 0 Å². The molecule has 152 valence electrons. The van der Waals surface area contributed by atoms with Crippen molar-refractivity contribution in [2.75, 3.05) is 13.2 Å². The van der Waals surface area contributed by atoms with Crippen molar-refractivity contribution in [3.63, 3.8) is 0 Å². The lowest BCUT2D eigenvalue weighted by Gasteiger charge is -2.46. The zero-order valence-corrected chi connectivity index (χ0v) is 14.1. The Morgan fingerprint density at radius 2 is 1.69 bits per heavy atom. The molecule has 0 unspecified atom stereocenters. The Morgan fingerprint density at radius 1 is 1.04 bits per heavy atom. The first-order valence-electron chi connectivity index (χ1n) is 8.16. The Balaban J connectivity index is 2.16. The summed E-state index contributed by atoms with van der Waals surface area (Å²) in [6.45, 7) is 0.354. The molecule has 0 saturated carbocycles. The van der Waals surface area contributed by atoms with Gasteiger partial charge in [-0.3, -0.25) is 4.79 Å². The number of amides is 1. The van der Waals surface area contributed by atoms with Gasteiger partial charge in [-0.1, -0.05) is 0 Å². The van der Waals surface area contributed by atoms with Gasteiger partial charge >= 0.3 is 0 Å². The fourth-order valence-corrected chi connectivity index (χ4v) is 3.02. The van der Waals surface area contributed by atoms with Crippen molar-refractivity contribution >= 4 is 5.91 Å². The van der Waals surface area contributed by atoms with Crippen LogP contribution in [0.4, 0.5) is 0 Å². The summed E-state index contributed by atoms with van der Waals surface area (Å²) < 4.78 is 16.0. The molecular weight excluding hydrogens is 356 g/mol. The van der Waals surface area contributed by atoms with Gasteiger partial charge in [-0.2, -0.15) is 0 Å². The highest BCUT2D eigenvalue weighted by Crippen LogP contribution is 2.28. The van der Waals surface area contributed by atoms with Gasteiger partial charge in [0.2, 0.25) is 5.91 Å². The molecule has 0 bridgehead atoms. The summed E-state index contributed by atoms with van der Waals surface area (Å²) in [5.41, 5.74) is 5.56. The highest BCUT2D eigenvalue weighted by Gasteiger charge is 2.50. The molecule has 0 aliphatic carbocycles. The van der Waals surface area contributed by atoms with Gasteiger partial charge in [-0.05, 0) is 0 Å². The predicted octanol–water partition coefficient (Wildman–Crippen LogP) is -5.29. The third-order valence-electron chi connectivity index (χ3n) is 4.43. The summed E-state index contributed by atoms with van der Waals surface area (Å²) in [6, 6.07) is -1.23. The van der Waals surface area contributed by atoms with Crippen LogP contribution in [0.3, 0.4) is 0 Å². The minimum atomic E-state index is -1.69. The number of carbonyl (C=O) groups is 1. The van der Waals surface area contributed by atoms with Gasteiger partial charge in [-0.15, -0.1) is 0 Å². The van der Waals surface area contributed by atoms with Gasteiger partial charge in [-0.25, -0.2) is 0 Å². The van der Waals surface area contributed by atoms with E-state index in [1.165, 1.54) is 6.92 Å². The molecule has 1 amide bonds. The Labute approximate surface area is 149 Å². The Kier molecular flexibility index (Phi) is 7.27. The van der Waals surface area contributed by atoms with Crippen LogP contribution in [-0.2, 0) is 19.0 Å². The van der Waals surface area contributed by atoms with Crippen LogP contribution in [0, 0.1) is 0 Å². The van der Waals surface area contributed by atoms with Gasteiger partial charge in [0.1, 0.15) is 48.8 Å². The molecule has 2 heterocycles. The molecule has 12 heteroatoms. The van der Waals surface area contributed by atoms with Gasteiger partial charge in [0, 0.05) is 13.5 Å². The molecule has 2 aliphatic rings. The summed E-state index contributed by atoms with van der Waals surface area (Å²) in [4.78, 5) is 11.3. The molecule has 2 fully saturated rings. The van der Waals surface area contributed by atoms with Crippen molar-refractivity contribution in [3.8, 4) is 0 Å². The summed E-state index contributed by atoms with van der Waals surface area (Å²) in [5.74, 6) is -0.533. The number of ether oxygens (including phenoxy) is 3. The van der Waals surface area contributed by atoms with E-state index in [1.807, 2.05) is 0 Å². The average Bonchev–Trinajstić information content (AvgIpc) is 2.60. The molecule has 0 aromatic rings. The highest BCUT2D eigenvalue weighted by molar-refractivity contribution is 5.73.